The molecule has 0 aliphatic carbocycles. The number of hydrogen-bond acceptors (Lipinski definition) is 2. The van der Waals surface area contributed by atoms with E-state index >= 15 is 0 Å². The number of halogens is 1. The Balaban J connectivity index is 2.82. The van der Waals surface area contributed by atoms with Crippen LogP contribution in [-0.2, 0) is 4.74 Å². The second kappa shape index (κ2) is 7.05. The number of likely N-dealkylation sites (N-methyl/N-ethyl adjacent to an activating group) is 1. The second-order valence-electron chi connectivity index (χ2n) is 3.83. The molecule has 0 saturated carbocycles. The molecule has 2 nitrogen and oxygen atoms in total. The summed E-state index contributed by atoms with van der Waals surface area (Å²) in [6, 6.07) is 6.75. The maximum absolute atomic E-state index is 5.50. The molecule has 1 unspecified atom stereocenters. The van der Waals surface area contributed by atoms with Crippen molar-refractivity contribution in [3.8, 4) is 0 Å². The lowest BCUT2D eigenvalue weighted by atomic mass is 10.1. The molecule has 0 aromatic heterocycles. The van der Waals surface area contributed by atoms with Crippen LogP contribution >= 0.6 is 15.9 Å². The van der Waals surface area contributed by atoms with E-state index in [0.29, 0.717) is 0 Å². The fourth-order valence-corrected chi connectivity index (χ4v) is 2.35. The average Bonchev–Trinajstić information content (AvgIpc) is 2.22. The highest BCUT2D eigenvalue weighted by molar-refractivity contribution is 9.10. The maximum atomic E-state index is 5.50. The van der Waals surface area contributed by atoms with Crippen molar-refractivity contribution in [2.24, 2.45) is 0 Å². The number of ether oxygens (including phenoxy) is 1. The van der Waals surface area contributed by atoms with Crippen LogP contribution in [0.5, 0.6) is 0 Å². The average molecular weight is 286 g/mol. The summed E-state index contributed by atoms with van der Waals surface area (Å²) in [5, 5.41) is 3.44. The molecule has 1 atom stereocenters. The number of nitrogens with one attached hydrogen (secondary N) is 1. The Kier molecular flexibility index (Phi) is 6.03. The predicted molar refractivity (Wildman–Crippen MR) is 71.8 cm³/mol. The third-order valence-corrected chi connectivity index (χ3v) is 2.86. The summed E-state index contributed by atoms with van der Waals surface area (Å²) >= 11 is 3.53. The summed E-state index contributed by atoms with van der Waals surface area (Å²) in [7, 11) is 0. The Morgan fingerprint density at radius 3 is 2.62 bits per heavy atom. The van der Waals surface area contributed by atoms with Gasteiger partial charge in [-0.25, -0.2) is 0 Å². The smallest absolute Gasteiger partial charge is 0.0661 e. The van der Waals surface area contributed by atoms with Crippen molar-refractivity contribution in [2.45, 2.75) is 26.8 Å². The minimum absolute atomic E-state index is 0.279. The Bertz CT molecular complexity index is 307. The van der Waals surface area contributed by atoms with E-state index in [0.717, 1.165) is 24.2 Å². The van der Waals surface area contributed by atoms with Gasteiger partial charge in [0.15, 0.2) is 0 Å². The maximum Gasteiger partial charge on any atom is 0.0661 e. The summed E-state index contributed by atoms with van der Waals surface area (Å²) in [6.07, 6.45) is 0. The molecule has 0 heterocycles. The lowest BCUT2D eigenvalue weighted by Gasteiger charge is -2.19. The van der Waals surface area contributed by atoms with E-state index in [9.17, 15) is 0 Å². The van der Waals surface area contributed by atoms with Crippen molar-refractivity contribution in [1.29, 1.82) is 0 Å². The minimum Gasteiger partial charge on any atom is -0.380 e. The monoisotopic (exact) mass is 285 g/mol. The molecule has 0 radical (unpaired) electrons. The summed E-state index contributed by atoms with van der Waals surface area (Å²) in [6.45, 7) is 8.68. The Morgan fingerprint density at radius 1 is 1.31 bits per heavy atom. The molecular weight excluding hydrogens is 266 g/mol. The van der Waals surface area contributed by atoms with Gasteiger partial charge in [0.2, 0.25) is 0 Å². The third-order valence-electron chi connectivity index (χ3n) is 2.41. The van der Waals surface area contributed by atoms with Crippen molar-refractivity contribution in [2.75, 3.05) is 19.8 Å². The van der Waals surface area contributed by atoms with Crippen LogP contribution in [0.25, 0.3) is 0 Å². The number of aryl methyl sites for hydroxylation is 1. The van der Waals surface area contributed by atoms with E-state index in [1.165, 1.54) is 11.1 Å². The predicted octanol–water partition coefficient (Wildman–Crippen LogP) is 3.44. The molecular formula is C13H20BrNO. The fourth-order valence-electron chi connectivity index (χ4n) is 1.72. The van der Waals surface area contributed by atoms with E-state index < -0.39 is 0 Å². The van der Waals surface area contributed by atoms with E-state index in [4.69, 9.17) is 4.74 Å². The van der Waals surface area contributed by atoms with Crippen molar-refractivity contribution in [3.63, 3.8) is 0 Å². The zero-order valence-corrected chi connectivity index (χ0v) is 11.8. The standard InChI is InChI=1S/C13H20BrNO/c1-4-15-13(9-16-5-2)11-6-10(3)7-12(14)8-11/h6-8,13,15H,4-5,9H2,1-3H3. The van der Waals surface area contributed by atoms with Gasteiger partial charge < -0.3 is 10.1 Å². The van der Waals surface area contributed by atoms with Crippen LogP contribution in [0.4, 0.5) is 0 Å². The van der Waals surface area contributed by atoms with Gasteiger partial charge in [-0.3, -0.25) is 0 Å². The van der Waals surface area contributed by atoms with E-state index in [1.54, 1.807) is 0 Å². The number of benzene rings is 1. The molecule has 0 amide bonds. The lowest BCUT2D eigenvalue weighted by molar-refractivity contribution is 0.123. The quantitative estimate of drug-likeness (QED) is 0.865. The van der Waals surface area contributed by atoms with Crippen molar-refractivity contribution in [1.82, 2.24) is 5.32 Å². The molecule has 0 aliphatic rings. The zero-order valence-electron chi connectivity index (χ0n) is 10.2. The summed E-state index contributed by atoms with van der Waals surface area (Å²) in [5.41, 5.74) is 2.55. The highest BCUT2D eigenvalue weighted by Gasteiger charge is 2.11. The Labute approximate surface area is 107 Å². The molecule has 1 N–H and O–H groups in total. The van der Waals surface area contributed by atoms with Crippen LogP contribution in [-0.4, -0.2) is 19.8 Å². The van der Waals surface area contributed by atoms with Gasteiger partial charge in [0, 0.05) is 11.1 Å². The zero-order chi connectivity index (χ0) is 12.0. The van der Waals surface area contributed by atoms with Crippen LogP contribution in [0.15, 0.2) is 22.7 Å². The van der Waals surface area contributed by atoms with Crippen molar-refractivity contribution in [3.05, 3.63) is 33.8 Å². The van der Waals surface area contributed by atoms with E-state index in [1.807, 2.05) is 6.92 Å². The molecule has 90 valence electrons. The van der Waals surface area contributed by atoms with E-state index in [2.05, 4.69) is 53.3 Å². The number of rotatable bonds is 6. The largest absolute Gasteiger partial charge is 0.380 e. The SMILES string of the molecule is CCNC(COCC)c1cc(C)cc(Br)c1. The van der Waals surface area contributed by atoms with Crippen LogP contribution in [0.2, 0.25) is 0 Å². The molecule has 1 aromatic rings. The highest BCUT2D eigenvalue weighted by Crippen LogP contribution is 2.21. The van der Waals surface area contributed by atoms with Gasteiger partial charge in [-0.05, 0) is 43.7 Å². The fraction of sp³-hybridized carbons (Fsp3) is 0.538. The van der Waals surface area contributed by atoms with Gasteiger partial charge >= 0.3 is 0 Å². The molecule has 0 spiro atoms. The first-order valence-electron chi connectivity index (χ1n) is 5.75. The van der Waals surface area contributed by atoms with Gasteiger partial charge in [0.05, 0.1) is 12.6 Å². The van der Waals surface area contributed by atoms with E-state index in [-0.39, 0.29) is 6.04 Å². The van der Waals surface area contributed by atoms with Crippen molar-refractivity contribution < 1.29 is 4.74 Å². The molecule has 1 aromatic carbocycles. The van der Waals surface area contributed by atoms with Crippen LogP contribution in [0.1, 0.15) is 31.0 Å². The van der Waals surface area contributed by atoms with Crippen LogP contribution < -0.4 is 5.32 Å². The molecule has 16 heavy (non-hydrogen) atoms. The normalized spacial score (nSPS) is 12.8. The van der Waals surface area contributed by atoms with Gasteiger partial charge in [0.25, 0.3) is 0 Å². The van der Waals surface area contributed by atoms with Gasteiger partial charge in [-0.1, -0.05) is 28.9 Å². The van der Waals surface area contributed by atoms with Gasteiger partial charge in [-0.2, -0.15) is 0 Å². The first-order valence-corrected chi connectivity index (χ1v) is 6.54. The number of hydrogen-bond donors (Lipinski definition) is 1. The van der Waals surface area contributed by atoms with Crippen molar-refractivity contribution >= 4 is 15.9 Å². The Hall–Kier alpha value is -0.380. The lowest BCUT2D eigenvalue weighted by Crippen LogP contribution is -2.25. The molecule has 3 heteroatoms. The first-order chi connectivity index (χ1) is 7.67. The summed E-state index contributed by atoms with van der Waals surface area (Å²) in [4.78, 5) is 0. The first kappa shape index (κ1) is 13.7. The summed E-state index contributed by atoms with van der Waals surface area (Å²) < 4.78 is 6.63. The topological polar surface area (TPSA) is 21.3 Å². The molecule has 0 saturated heterocycles. The second-order valence-corrected chi connectivity index (χ2v) is 4.75. The minimum atomic E-state index is 0.279. The third kappa shape index (κ3) is 4.24. The van der Waals surface area contributed by atoms with Crippen LogP contribution in [0.3, 0.4) is 0 Å². The highest BCUT2D eigenvalue weighted by atomic mass is 79.9. The molecule has 0 bridgehead atoms. The Morgan fingerprint density at radius 2 is 2.06 bits per heavy atom. The van der Waals surface area contributed by atoms with Crippen LogP contribution in [0, 0.1) is 6.92 Å². The van der Waals surface area contributed by atoms with Gasteiger partial charge in [0.1, 0.15) is 0 Å². The van der Waals surface area contributed by atoms with Gasteiger partial charge in [-0.15, -0.1) is 0 Å². The molecule has 0 fully saturated rings. The summed E-state index contributed by atoms with van der Waals surface area (Å²) in [5.74, 6) is 0. The molecule has 0 aliphatic heterocycles. The molecule has 1 rings (SSSR count).